The van der Waals surface area contributed by atoms with Crippen molar-refractivity contribution >= 4 is 21.6 Å². The van der Waals surface area contributed by atoms with E-state index in [9.17, 15) is 13.2 Å². The quantitative estimate of drug-likeness (QED) is 0.837. The number of rotatable bonds is 5. The molecule has 0 aliphatic rings. The van der Waals surface area contributed by atoms with E-state index in [1.165, 1.54) is 6.07 Å². The molecule has 2 aromatic rings. The smallest absolute Gasteiger partial charge is 0.380 e. The van der Waals surface area contributed by atoms with Crippen LogP contribution in [0.15, 0.2) is 35.1 Å². The third-order valence-electron chi connectivity index (χ3n) is 2.92. The topological polar surface area (TPSA) is 29.9 Å². The van der Waals surface area contributed by atoms with Crippen molar-refractivity contribution in [1.29, 1.82) is 0 Å². The Morgan fingerprint density at radius 3 is 2.76 bits per heavy atom. The van der Waals surface area contributed by atoms with Gasteiger partial charge in [0.25, 0.3) is 0 Å². The molecule has 0 bridgehead atoms. The third kappa shape index (κ3) is 4.23. The Hall–Kier alpha value is -1.50. The molecule has 0 radical (unpaired) electrons. The van der Waals surface area contributed by atoms with E-state index >= 15 is 0 Å². The second kappa shape index (κ2) is 6.51. The van der Waals surface area contributed by atoms with Crippen molar-refractivity contribution in [3.8, 4) is 0 Å². The van der Waals surface area contributed by atoms with Crippen molar-refractivity contribution in [2.75, 3.05) is 5.32 Å². The maximum Gasteiger partial charge on any atom is 0.416 e. The highest BCUT2D eigenvalue weighted by Gasteiger charge is 2.30. The minimum atomic E-state index is -4.34. The molecule has 21 heavy (non-hydrogen) atoms. The van der Waals surface area contributed by atoms with Crippen molar-refractivity contribution in [3.63, 3.8) is 0 Å². The van der Waals surface area contributed by atoms with Gasteiger partial charge in [0, 0.05) is 35.0 Å². The summed E-state index contributed by atoms with van der Waals surface area (Å²) < 4.78 is 40.5. The minimum Gasteiger partial charge on any atom is -0.380 e. The van der Waals surface area contributed by atoms with Gasteiger partial charge in [-0.05, 0) is 40.5 Å². The van der Waals surface area contributed by atoms with Gasteiger partial charge in [0.05, 0.1) is 11.8 Å². The molecule has 3 nitrogen and oxygen atoms in total. The van der Waals surface area contributed by atoms with E-state index in [0.29, 0.717) is 16.7 Å². The fourth-order valence-corrected chi connectivity index (χ4v) is 2.27. The summed E-state index contributed by atoms with van der Waals surface area (Å²) in [5.74, 6) is 0. The number of halogens is 4. The number of nitrogens with zero attached hydrogens (tertiary/aromatic N) is 2. The molecule has 7 heteroatoms. The van der Waals surface area contributed by atoms with Gasteiger partial charge in [0.1, 0.15) is 0 Å². The first-order valence-electron chi connectivity index (χ1n) is 6.52. The van der Waals surface area contributed by atoms with Gasteiger partial charge in [0.15, 0.2) is 0 Å². The summed E-state index contributed by atoms with van der Waals surface area (Å²) >= 11 is 3.25. The molecule has 0 atom stereocenters. The van der Waals surface area contributed by atoms with E-state index in [1.807, 2.05) is 10.9 Å². The number of hydrogen-bond donors (Lipinski definition) is 1. The predicted octanol–water partition coefficient (Wildman–Crippen LogP) is 4.69. The van der Waals surface area contributed by atoms with Crippen molar-refractivity contribution < 1.29 is 13.2 Å². The second-order valence-electron chi connectivity index (χ2n) is 4.66. The molecule has 114 valence electrons. The largest absolute Gasteiger partial charge is 0.416 e. The number of alkyl halides is 3. The normalized spacial score (nSPS) is 11.7. The van der Waals surface area contributed by atoms with Gasteiger partial charge in [-0.2, -0.15) is 18.3 Å². The first-order chi connectivity index (χ1) is 9.90. The van der Waals surface area contributed by atoms with Crippen LogP contribution >= 0.6 is 15.9 Å². The summed E-state index contributed by atoms with van der Waals surface area (Å²) in [5.41, 5.74) is 0.663. The summed E-state index contributed by atoms with van der Waals surface area (Å²) in [5, 5.41) is 7.18. The molecule has 1 aromatic carbocycles. The standard InChI is InChI=1S/C14H15BrF3N3/c1-2-5-21-9-10(8-20-21)7-19-13-6-11(14(16,17)18)3-4-12(13)15/h3-4,6,8-9,19H,2,5,7H2,1H3. The molecule has 1 aromatic heterocycles. The zero-order valence-corrected chi connectivity index (χ0v) is 13.0. The van der Waals surface area contributed by atoms with Crippen LogP contribution in [-0.4, -0.2) is 9.78 Å². The number of aryl methyl sites for hydroxylation is 1. The third-order valence-corrected chi connectivity index (χ3v) is 3.61. The Morgan fingerprint density at radius 2 is 2.10 bits per heavy atom. The van der Waals surface area contributed by atoms with Crippen molar-refractivity contribution in [1.82, 2.24) is 9.78 Å². The van der Waals surface area contributed by atoms with Gasteiger partial charge in [-0.3, -0.25) is 4.68 Å². The zero-order valence-electron chi connectivity index (χ0n) is 11.4. The van der Waals surface area contributed by atoms with E-state index in [2.05, 4.69) is 33.3 Å². The van der Waals surface area contributed by atoms with E-state index in [1.54, 1.807) is 6.20 Å². The summed E-state index contributed by atoms with van der Waals surface area (Å²) in [6.45, 7) is 3.30. The zero-order chi connectivity index (χ0) is 15.5. The lowest BCUT2D eigenvalue weighted by molar-refractivity contribution is -0.137. The highest BCUT2D eigenvalue weighted by molar-refractivity contribution is 9.10. The van der Waals surface area contributed by atoms with Crippen LogP contribution in [0.2, 0.25) is 0 Å². The molecular weight excluding hydrogens is 347 g/mol. The summed E-state index contributed by atoms with van der Waals surface area (Å²) in [6.07, 6.45) is 0.235. The van der Waals surface area contributed by atoms with Crippen LogP contribution in [0, 0.1) is 0 Å². The van der Waals surface area contributed by atoms with Gasteiger partial charge in [-0.25, -0.2) is 0 Å². The van der Waals surface area contributed by atoms with E-state index in [0.717, 1.165) is 30.7 Å². The predicted molar refractivity (Wildman–Crippen MR) is 79.0 cm³/mol. The molecule has 0 amide bonds. The number of nitrogens with one attached hydrogen (secondary N) is 1. The van der Waals surface area contributed by atoms with Crippen LogP contribution in [0.3, 0.4) is 0 Å². The Kier molecular flexibility index (Phi) is 4.92. The van der Waals surface area contributed by atoms with Gasteiger partial charge in [-0.15, -0.1) is 0 Å². The summed E-state index contributed by atoms with van der Waals surface area (Å²) in [4.78, 5) is 0. The first kappa shape index (κ1) is 15.9. The second-order valence-corrected chi connectivity index (χ2v) is 5.51. The maximum absolute atomic E-state index is 12.7. The van der Waals surface area contributed by atoms with Crippen LogP contribution in [-0.2, 0) is 19.3 Å². The molecule has 0 saturated heterocycles. The minimum absolute atomic E-state index is 0.410. The van der Waals surface area contributed by atoms with Gasteiger partial charge < -0.3 is 5.32 Å². The van der Waals surface area contributed by atoms with Crippen LogP contribution < -0.4 is 5.32 Å². The maximum atomic E-state index is 12.7. The lowest BCUT2D eigenvalue weighted by Crippen LogP contribution is -2.07. The van der Waals surface area contributed by atoms with Gasteiger partial charge in [0.2, 0.25) is 0 Å². The molecule has 0 aliphatic heterocycles. The number of aromatic nitrogens is 2. The van der Waals surface area contributed by atoms with Crippen LogP contribution in [0.5, 0.6) is 0 Å². The van der Waals surface area contributed by atoms with Crippen LogP contribution in [0.4, 0.5) is 18.9 Å². The molecular formula is C14H15BrF3N3. The molecule has 0 unspecified atom stereocenters. The summed E-state index contributed by atoms with van der Waals surface area (Å²) in [6, 6.07) is 3.54. The lowest BCUT2D eigenvalue weighted by atomic mass is 10.2. The Labute approximate surface area is 129 Å². The number of hydrogen-bond acceptors (Lipinski definition) is 2. The van der Waals surface area contributed by atoms with E-state index < -0.39 is 11.7 Å². The lowest BCUT2D eigenvalue weighted by Gasteiger charge is -2.12. The Morgan fingerprint density at radius 1 is 1.33 bits per heavy atom. The monoisotopic (exact) mass is 361 g/mol. The number of benzene rings is 1. The molecule has 0 fully saturated rings. The fourth-order valence-electron chi connectivity index (χ4n) is 1.88. The molecule has 0 saturated carbocycles. The highest BCUT2D eigenvalue weighted by atomic mass is 79.9. The highest BCUT2D eigenvalue weighted by Crippen LogP contribution is 2.34. The van der Waals surface area contributed by atoms with E-state index in [-0.39, 0.29) is 0 Å². The molecule has 1 N–H and O–H groups in total. The van der Waals surface area contributed by atoms with Gasteiger partial charge in [-0.1, -0.05) is 6.92 Å². The Balaban J connectivity index is 2.08. The van der Waals surface area contributed by atoms with Crippen molar-refractivity contribution in [2.45, 2.75) is 32.6 Å². The number of anilines is 1. The first-order valence-corrected chi connectivity index (χ1v) is 7.31. The average Bonchev–Trinajstić information content (AvgIpc) is 2.84. The van der Waals surface area contributed by atoms with Crippen LogP contribution in [0.1, 0.15) is 24.5 Å². The summed E-state index contributed by atoms with van der Waals surface area (Å²) in [7, 11) is 0. The molecule has 2 rings (SSSR count). The van der Waals surface area contributed by atoms with Crippen molar-refractivity contribution in [3.05, 3.63) is 46.2 Å². The SMILES string of the molecule is CCCn1cc(CNc2cc(C(F)(F)F)ccc2Br)cn1. The van der Waals surface area contributed by atoms with Gasteiger partial charge >= 0.3 is 6.18 Å². The molecule has 0 spiro atoms. The molecule has 1 heterocycles. The Bertz CT molecular complexity index is 608. The van der Waals surface area contributed by atoms with Crippen molar-refractivity contribution in [2.24, 2.45) is 0 Å². The molecule has 0 aliphatic carbocycles. The fraction of sp³-hybridized carbons (Fsp3) is 0.357. The van der Waals surface area contributed by atoms with E-state index in [4.69, 9.17) is 0 Å². The van der Waals surface area contributed by atoms with Crippen LogP contribution in [0.25, 0.3) is 0 Å². The average molecular weight is 362 g/mol.